The van der Waals surface area contributed by atoms with Crippen LogP contribution in [0.15, 0.2) is 42.5 Å². The zero-order valence-corrected chi connectivity index (χ0v) is 12.8. The van der Waals surface area contributed by atoms with E-state index in [2.05, 4.69) is 4.98 Å². The summed E-state index contributed by atoms with van der Waals surface area (Å²) in [6, 6.07) is 12.8. The van der Waals surface area contributed by atoms with Crippen molar-refractivity contribution in [3.8, 4) is 0 Å². The summed E-state index contributed by atoms with van der Waals surface area (Å²) in [4.78, 5) is 30.2. The molecule has 2 amide bonds. The van der Waals surface area contributed by atoms with Crippen molar-refractivity contribution in [2.24, 2.45) is 0 Å². The monoisotopic (exact) mass is 328 g/mol. The minimum atomic E-state index is -0.261. The summed E-state index contributed by atoms with van der Waals surface area (Å²) in [6.07, 6.45) is 0. The predicted molar refractivity (Wildman–Crippen MR) is 89.6 cm³/mol. The van der Waals surface area contributed by atoms with Crippen molar-refractivity contribution in [3.63, 3.8) is 0 Å². The molecule has 4 rings (SSSR count). The minimum Gasteiger partial charge on any atom is -0.273 e. The molecule has 6 heteroatoms. The largest absolute Gasteiger partial charge is 0.293 e. The summed E-state index contributed by atoms with van der Waals surface area (Å²) in [5.74, 6) is -0.0509. The van der Waals surface area contributed by atoms with Crippen LogP contribution in [0.4, 0.5) is 10.5 Å². The van der Waals surface area contributed by atoms with E-state index in [0.717, 1.165) is 22.7 Å². The summed E-state index contributed by atoms with van der Waals surface area (Å²) in [5.41, 5.74) is 2.02. The summed E-state index contributed by atoms with van der Waals surface area (Å²) in [7, 11) is 0. The van der Waals surface area contributed by atoms with E-state index in [-0.39, 0.29) is 16.9 Å². The van der Waals surface area contributed by atoms with Crippen LogP contribution in [0.5, 0.6) is 0 Å². The molecule has 0 bridgehead atoms. The van der Waals surface area contributed by atoms with Crippen molar-refractivity contribution in [3.05, 3.63) is 47.5 Å². The fraction of sp³-hybridized carbons (Fsp3) is 0.0625. The minimum absolute atomic E-state index is 0.164. The van der Waals surface area contributed by atoms with E-state index in [9.17, 15) is 9.59 Å². The third kappa shape index (κ3) is 1.97. The number of fused-ring (bicyclic) bond motifs is 2. The fourth-order valence-electron chi connectivity index (χ4n) is 2.65. The third-order valence-corrected chi connectivity index (χ3v) is 4.64. The van der Waals surface area contributed by atoms with Gasteiger partial charge in [0, 0.05) is 15.8 Å². The molecule has 0 atom stereocenters. The molecule has 0 radical (unpaired) electrons. The first-order valence-electron chi connectivity index (χ1n) is 6.63. The number of halogens is 1. The Kier molecular flexibility index (Phi) is 3.06. The van der Waals surface area contributed by atoms with Crippen molar-refractivity contribution < 1.29 is 9.59 Å². The average Bonchev–Trinajstić information content (AvgIpc) is 2.84. The predicted octanol–water partition coefficient (Wildman–Crippen LogP) is 4.24. The number of benzene rings is 2. The van der Waals surface area contributed by atoms with E-state index < -0.39 is 0 Å². The molecule has 0 unspecified atom stereocenters. The number of amides is 2. The zero-order chi connectivity index (χ0) is 15.3. The normalized spacial score (nSPS) is 15.2. The molecule has 1 aromatic heterocycles. The number of pyridine rings is 1. The molecule has 22 heavy (non-hydrogen) atoms. The highest BCUT2D eigenvalue weighted by Gasteiger charge is 2.33. The van der Waals surface area contributed by atoms with Gasteiger partial charge in [0.05, 0.1) is 22.5 Å². The van der Waals surface area contributed by atoms with Crippen LogP contribution in [-0.2, 0) is 4.79 Å². The Bertz CT molecular complexity index is 941. The Morgan fingerprint density at radius 3 is 2.59 bits per heavy atom. The molecule has 0 spiro atoms. The first-order chi connectivity index (χ1) is 10.6. The number of thioether (sulfide) groups is 1. The second kappa shape index (κ2) is 4.97. The van der Waals surface area contributed by atoms with E-state index in [1.165, 1.54) is 4.90 Å². The lowest BCUT2D eigenvalue weighted by Gasteiger charge is -2.18. The maximum atomic E-state index is 12.2. The zero-order valence-electron chi connectivity index (χ0n) is 11.2. The Morgan fingerprint density at radius 1 is 1.05 bits per heavy atom. The highest BCUT2D eigenvalue weighted by Crippen LogP contribution is 2.38. The van der Waals surface area contributed by atoms with Crippen molar-refractivity contribution in [2.45, 2.75) is 0 Å². The third-order valence-electron chi connectivity index (χ3n) is 3.59. The first kappa shape index (κ1) is 13.5. The topological polar surface area (TPSA) is 50.3 Å². The van der Waals surface area contributed by atoms with E-state index in [4.69, 9.17) is 11.6 Å². The van der Waals surface area contributed by atoms with Gasteiger partial charge in [-0.25, -0.2) is 9.88 Å². The quantitative estimate of drug-likeness (QED) is 0.627. The van der Waals surface area contributed by atoms with Gasteiger partial charge in [-0.2, -0.15) is 0 Å². The van der Waals surface area contributed by atoms with Gasteiger partial charge in [-0.1, -0.05) is 41.6 Å². The van der Waals surface area contributed by atoms with Gasteiger partial charge in [0.1, 0.15) is 0 Å². The lowest BCUT2D eigenvalue weighted by Crippen LogP contribution is -2.28. The van der Waals surface area contributed by atoms with Gasteiger partial charge in [0.25, 0.3) is 5.24 Å². The molecule has 0 N–H and O–H groups in total. The van der Waals surface area contributed by atoms with Crippen LogP contribution in [0, 0.1) is 0 Å². The van der Waals surface area contributed by atoms with Crippen LogP contribution in [0.3, 0.4) is 0 Å². The van der Waals surface area contributed by atoms with Crippen LogP contribution >= 0.6 is 23.4 Å². The van der Waals surface area contributed by atoms with Crippen molar-refractivity contribution in [1.82, 2.24) is 4.98 Å². The highest BCUT2D eigenvalue weighted by atomic mass is 35.5. The standard InChI is InChI=1S/C16H9ClN2O2S/c17-9-5-6-13-11(7-9)15(19-14(20)8-22-16(19)21)10-3-1-2-4-12(10)18-13/h1-7H,8H2. The van der Waals surface area contributed by atoms with Gasteiger partial charge in [-0.15, -0.1) is 0 Å². The fourth-order valence-corrected chi connectivity index (χ4v) is 3.52. The maximum Gasteiger partial charge on any atom is 0.293 e. The summed E-state index contributed by atoms with van der Waals surface area (Å²) >= 11 is 7.11. The van der Waals surface area contributed by atoms with E-state index in [0.29, 0.717) is 21.6 Å². The van der Waals surface area contributed by atoms with Gasteiger partial charge in [0.15, 0.2) is 0 Å². The molecule has 2 aromatic carbocycles. The molecular formula is C16H9ClN2O2S. The number of aromatic nitrogens is 1. The van der Waals surface area contributed by atoms with E-state index in [1.807, 2.05) is 24.3 Å². The van der Waals surface area contributed by atoms with Gasteiger partial charge in [0.2, 0.25) is 5.91 Å². The van der Waals surface area contributed by atoms with Gasteiger partial charge in [-0.05, 0) is 24.3 Å². The SMILES string of the molecule is O=C1CSC(=O)N1c1c2ccccc2nc2ccc(Cl)cc12. The number of carbonyl (C=O) groups is 2. The molecule has 1 saturated heterocycles. The average molecular weight is 329 g/mol. The van der Waals surface area contributed by atoms with Crippen molar-refractivity contribution >= 4 is 62.0 Å². The van der Waals surface area contributed by atoms with Crippen LogP contribution in [0.25, 0.3) is 21.8 Å². The Hall–Kier alpha value is -2.11. The molecule has 2 heterocycles. The van der Waals surface area contributed by atoms with Crippen LogP contribution in [0.2, 0.25) is 5.02 Å². The first-order valence-corrected chi connectivity index (χ1v) is 7.99. The lowest BCUT2D eigenvalue weighted by molar-refractivity contribution is -0.115. The van der Waals surface area contributed by atoms with Gasteiger partial charge < -0.3 is 0 Å². The summed E-state index contributed by atoms with van der Waals surface area (Å²) in [6.45, 7) is 0. The van der Waals surface area contributed by atoms with Crippen LogP contribution in [0.1, 0.15) is 0 Å². The molecular weight excluding hydrogens is 320 g/mol. The number of imide groups is 1. The molecule has 4 nitrogen and oxygen atoms in total. The molecule has 1 aliphatic rings. The van der Waals surface area contributed by atoms with E-state index in [1.54, 1.807) is 18.2 Å². The summed E-state index contributed by atoms with van der Waals surface area (Å²) in [5, 5.41) is 1.75. The second-order valence-corrected chi connectivity index (χ2v) is 6.29. The van der Waals surface area contributed by atoms with Gasteiger partial charge in [-0.3, -0.25) is 9.59 Å². The second-order valence-electron chi connectivity index (χ2n) is 4.92. The number of carbonyl (C=O) groups excluding carboxylic acids is 2. The number of anilines is 1. The Morgan fingerprint density at radius 2 is 1.82 bits per heavy atom. The maximum absolute atomic E-state index is 12.2. The molecule has 1 fully saturated rings. The van der Waals surface area contributed by atoms with Gasteiger partial charge >= 0.3 is 0 Å². The van der Waals surface area contributed by atoms with Crippen LogP contribution < -0.4 is 4.90 Å². The highest BCUT2D eigenvalue weighted by molar-refractivity contribution is 8.15. The Balaban J connectivity index is 2.17. The van der Waals surface area contributed by atoms with Crippen molar-refractivity contribution in [1.29, 1.82) is 0 Å². The number of nitrogens with zero attached hydrogens (tertiary/aromatic N) is 2. The molecule has 3 aromatic rings. The molecule has 0 saturated carbocycles. The molecule has 108 valence electrons. The van der Waals surface area contributed by atoms with Crippen LogP contribution in [-0.4, -0.2) is 21.9 Å². The molecule has 0 aliphatic carbocycles. The Labute approximate surface area is 135 Å². The van der Waals surface area contributed by atoms with Crippen molar-refractivity contribution in [2.75, 3.05) is 10.7 Å². The lowest BCUT2D eigenvalue weighted by atomic mass is 10.1. The van der Waals surface area contributed by atoms with E-state index >= 15 is 0 Å². The number of para-hydroxylation sites is 1. The summed E-state index contributed by atoms with van der Waals surface area (Å²) < 4.78 is 0. The smallest absolute Gasteiger partial charge is 0.273 e. The molecule has 1 aliphatic heterocycles. The number of hydrogen-bond acceptors (Lipinski definition) is 4. The number of rotatable bonds is 1. The number of hydrogen-bond donors (Lipinski definition) is 0.